The molecule has 1 N–H and O–H groups in total. The van der Waals surface area contributed by atoms with Gasteiger partial charge in [0.1, 0.15) is 5.82 Å². The molecule has 1 fully saturated rings. The molecule has 27 heavy (non-hydrogen) atoms. The highest BCUT2D eigenvalue weighted by Crippen LogP contribution is 2.31. The van der Waals surface area contributed by atoms with Crippen LogP contribution < -0.4 is 5.32 Å². The first kappa shape index (κ1) is 19.1. The number of rotatable bonds is 4. The molecule has 0 radical (unpaired) electrons. The monoisotopic (exact) mass is 368 g/mol. The number of carbonyl (C=O) groups is 2. The Balaban J connectivity index is 1.72. The molecule has 4 nitrogen and oxygen atoms in total. The number of likely N-dealkylation sites (tertiary alicyclic amines) is 1. The van der Waals surface area contributed by atoms with E-state index in [1.54, 1.807) is 23.1 Å². The topological polar surface area (TPSA) is 49.4 Å². The molecule has 2 amide bonds. The summed E-state index contributed by atoms with van der Waals surface area (Å²) < 4.78 is 13.8. The van der Waals surface area contributed by atoms with E-state index in [2.05, 4.69) is 17.4 Å². The molecule has 142 valence electrons. The second-order valence-corrected chi connectivity index (χ2v) is 7.28. The van der Waals surface area contributed by atoms with E-state index in [4.69, 9.17) is 0 Å². The Hall–Kier alpha value is -2.69. The lowest BCUT2D eigenvalue weighted by molar-refractivity contribution is -0.134. The summed E-state index contributed by atoms with van der Waals surface area (Å²) in [6.07, 6.45) is 0.677. The van der Waals surface area contributed by atoms with E-state index >= 15 is 0 Å². The number of carbonyl (C=O) groups excluding carboxylic acids is 2. The second kappa shape index (κ2) is 8.33. The van der Waals surface area contributed by atoms with Crippen molar-refractivity contribution in [2.45, 2.75) is 32.7 Å². The molecule has 0 spiro atoms. The van der Waals surface area contributed by atoms with Crippen molar-refractivity contribution in [2.24, 2.45) is 5.92 Å². The van der Waals surface area contributed by atoms with Crippen LogP contribution in [0.4, 0.5) is 4.39 Å². The van der Waals surface area contributed by atoms with Gasteiger partial charge in [0.05, 0.1) is 5.92 Å². The molecule has 0 saturated carbocycles. The normalized spacial score (nSPS) is 19.6. The van der Waals surface area contributed by atoms with Gasteiger partial charge in [-0.25, -0.2) is 4.39 Å². The van der Waals surface area contributed by atoms with Crippen LogP contribution in [0.2, 0.25) is 0 Å². The van der Waals surface area contributed by atoms with E-state index in [0.29, 0.717) is 25.1 Å². The summed E-state index contributed by atoms with van der Waals surface area (Å²) in [5.41, 5.74) is 2.76. The Morgan fingerprint density at radius 1 is 1.15 bits per heavy atom. The van der Waals surface area contributed by atoms with Crippen molar-refractivity contribution < 1.29 is 14.0 Å². The van der Waals surface area contributed by atoms with Gasteiger partial charge in [0.2, 0.25) is 11.8 Å². The van der Waals surface area contributed by atoms with Gasteiger partial charge in [0.15, 0.2) is 0 Å². The zero-order valence-corrected chi connectivity index (χ0v) is 15.7. The molecule has 2 atom stereocenters. The van der Waals surface area contributed by atoms with E-state index in [1.807, 2.05) is 19.1 Å². The molecule has 3 rings (SSSR count). The fraction of sp³-hybridized carbons (Fsp3) is 0.364. The van der Waals surface area contributed by atoms with Crippen molar-refractivity contribution in [3.63, 3.8) is 0 Å². The quantitative estimate of drug-likeness (QED) is 0.899. The summed E-state index contributed by atoms with van der Waals surface area (Å²) >= 11 is 0. The van der Waals surface area contributed by atoms with Crippen molar-refractivity contribution >= 4 is 11.8 Å². The van der Waals surface area contributed by atoms with E-state index < -0.39 is 0 Å². The smallest absolute Gasteiger partial charge is 0.225 e. The summed E-state index contributed by atoms with van der Waals surface area (Å²) in [6.45, 7) is 4.74. The highest BCUT2D eigenvalue weighted by atomic mass is 19.1. The van der Waals surface area contributed by atoms with Gasteiger partial charge >= 0.3 is 0 Å². The van der Waals surface area contributed by atoms with Gasteiger partial charge in [-0.3, -0.25) is 9.59 Å². The van der Waals surface area contributed by atoms with Crippen LogP contribution in [-0.4, -0.2) is 29.8 Å². The van der Waals surface area contributed by atoms with Gasteiger partial charge in [-0.1, -0.05) is 48.0 Å². The number of hydrogen-bond acceptors (Lipinski definition) is 2. The maximum atomic E-state index is 13.8. The maximum absolute atomic E-state index is 13.8. The van der Waals surface area contributed by atoms with Crippen LogP contribution in [0, 0.1) is 18.7 Å². The van der Waals surface area contributed by atoms with E-state index in [1.165, 1.54) is 13.0 Å². The zero-order valence-electron chi connectivity index (χ0n) is 15.7. The fourth-order valence-electron chi connectivity index (χ4n) is 3.68. The minimum atomic E-state index is -0.329. The molecule has 1 aliphatic heterocycles. The predicted octanol–water partition coefficient (Wildman–Crippen LogP) is 3.40. The molecule has 0 bridgehead atoms. The van der Waals surface area contributed by atoms with E-state index in [0.717, 1.165) is 11.1 Å². The standard InChI is InChI=1S/C22H25FN2O2/c1-15-6-5-8-17(10-15)19-11-20(14-25(13-19)16(2)26)22(27)24-12-18-7-3-4-9-21(18)23/h3-10,19-20H,11-14H2,1-2H3,(H,24,27)/t19-,20-/m0/s1. The minimum Gasteiger partial charge on any atom is -0.352 e. The predicted molar refractivity (Wildman–Crippen MR) is 103 cm³/mol. The number of piperidine rings is 1. The number of hydrogen-bond donors (Lipinski definition) is 1. The number of halogens is 1. The van der Waals surface area contributed by atoms with Crippen molar-refractivity contribution in [1.29, 1.82) is 0 Å². The maximum Gasteiger partial charge on any atom is 0.225 e. The minimum absolute atomic E-state index is 0.0285. The third-order valence-electron chi connectivity index (χ3n) is 5.19. The van der Waals surface area contributed by atoms with Gasteiger partial charge in [-0.15, -0.1) is 0 Å². The first-order valence-electron chi connectivity index (χ1n) is 9.27. The Morgan fingerprint density at radius 3 is 2.63 bits per heavy atom. The highest BCUT2D eigenvalue weighted by Gasteiger charge is 2.33. The molecule has 2 aromatic rings. The number of benzene rings is 2. The average Bonchev–Trinajstić information content (AvgIpc) is 2.66. The summed E-state index contributed by atoms with van der Waals surface area (Å²) in [5.74, 6) is -0.683. The van der Waals surface area contributed by atoms with Gasteiger partial charge < -0.3 is 10.2 Å². The van der Waals surface area contributed by atoms with E-state index in [-0.39, 0.29) is 36.0 Å². The molecule has 1 heterocycles. The van der Waals surface area contributed by atoms with Crippen LogP contribution in [0.25, 0.3) is 0 Å². The Bertz CT molecular complexity index is 837. The number of aryl methyl sites for hydroxylation is 1. The van der Waals surface area contributed by atoms with Gasteiger partial charge in [-0.05, 0) is 25.0 Å². The van der Waals surface area contributed by atoms with Gasteiger partial charge in [0.25, 0.3) is 0 Å². The van der Waals surface area contributed by atoms with Crippen molar-refractivity contribution in [3.8, 4) is 0 Å². The molecule has 0 aromatic heterocycles. The van der Waals surface area contributed by atoms with E-state index in [9.17, 15) is 14.0 Å². The van der Waals surface area contributed by atoms with Crippen molar-refractivity contribution in [3.05, 3.63) is 71.0 Å². The molecule has 1 saturated heterocycles. The first-order valence-corrected chi connectivity index (χ1v) is 9.27. The summed E-state index contributed by atoms with van der Waals surface area (Å²) in [7, 11) is 0. The lowest BCUT2D eigenvalue weighted by Gasteiger charge is -2.37. The molecule has 2 aromatic carbocycles. The highest BCUT2D eigenvalue weighted by molar-refractivity contribution is 5.81. The van der Waals surface area contributed by atoms with Crippen LogP contribution in [0.3, 0.4) is 0 Å². The summed E-state index contributed by atoms with van der Waals surface area (Å²) in [6, 6.07) is 14.6. The van der Waals surface area contributed by atoms with Crippen molar-refractivity contribution in [2.75, 3.05) is 13.1 Å². The fourth-order valence-corrected chi connectivity index (χ4v) is 3.68. The molecule has 0 aliphatic carbocycles. The molecule has 0 unspecified atom stereocenters. The van der Waals surface area contributed by atoms with Crippen LogP contribution in [0.1, 0.15) is 36.0 Å². The van der Waals surface area contributed by atoms with Crippen molar-refractivity contribution in [1.82, 2.24) is 10.2 Å². The number of nitrogens with zero attached hydrogens (tertiary/aromatic N) is 1. The second-order valence-electron chi connectivity index (χ2n) is 7.28. The lowest BCUT2D eigenvalue weighted by Crippen LogP contribution is -2.47. The largest absolute Gasteiger partial charge is 0.352 e. The van der Waals surface area contributed by atoms with Crippen LogP contribution in [0.5, 0.6) is 0 Å². The Labute approximate surface area is 159 Å². The average molecular weight is 368 g/mol. The Kier molecular flexibility index (Phi) is 5.89. The zero-order chi connectivity index (χ0) is 19.4. The SMILES string of the molecule is CC(=O)N1C[C@@H](C(=O)NCc2ccccc2F)C[C@H](c2cccc(C)c2)C1. The molecular formula is C22H25FN2O2. The Morgan fingerprint density at radius 2 is 1.93 bits per heavy atom. The number of nitrogens with one attached hydrogen (secondary N) is 1. The summed E-state index contributed by atoms with van der Waals surface area (Å²) in [4.78, 5) is 26.4. The van der Waals surface area contributed by atoms with Gasteiger partial charge in [-0.2, -0.15) is 0 Å². The van der Waals surface area contributed by atoms with Crippen LogP contribution in [0.15, 0.2) is 48.5 Å². The third kappa shape index (κ3) is 4.73. The van der Waals surface area contributed by atoms with Crippen LogP contribution >= 0.6 is 0 Å². The molecular weight excluding hydrogens is 343 g/mol. The van der Waals surface area contributed by atoms with Crippen LogP contribution in [-0.2, 0) is 16.1 Å². The van der Waals surface area contributed by atoms with Gasteiger partial charge in [0, 0.05) is 38.0 Å². The first-order chi connectivity index (χ1) is 12.9. The molecule has 1 aliphatic rings. The lowest BCUT2D eigenvalue weighted by atomic mass is 9.83. The third-order valence-corrected chi connectivity index (χ3v) is 5.19. The number of amides is 2. The molecule has 5 heteroatoms. The summed E-state index contributed by atoms with van der Waals surface area (Å²) in [5, 5.41) is 2.84.